The van der Waals surface area contributed by atoms with Gasteiger partial charge in [-0.1, -0.05) is 19.3 Å². The summed E-state index contributed by atoms with van der Waals surface area (Å²) in [6.07, 6.45) is 6.74. The molecule has 0 aromatic heterocycles. The Kier molecular flexibility index (Phi) is 5.11. The highest BCUT2D eigenvalue weighted by molar-refractivity contribution is 5.98. The molecule has 2 aliphatic rings. The molecule has 1 aliphatic carbocycles. The van der Waals surface area contributed by atoms with E-state index in [1.807, 2.05) is 0 Å². The lowest BCUT2D eigenvalue weighted by atomic mass is 9.95. The van der Waals surface area contributed by atoms with Crippen LogP contribution in [0.5, 0.6) is 0 Å². The van der Waals surface area contributed by atoms with Gasteiger partial charge in [0.05, 0.1) is 0 Å². The first-order valence-electron chi connectivity index (χ1n) is 8.62. The van der Waals surface area contributed by atoms with Crippen molar-refractivity contribution in [1.29, 1.82) is 0 Å². The maximum absolute atomic E-state index is 13.4. The molecule has 2 fully saturated rings. The number of benzene rings is 1. The third kappa shape index (κ3) is 3.57. The molecule has 0 radical (unpaired) electrons. The van der Waals surface area contributed by atoms with Crippen LogP contribution in [0.1, 0.15) is 55.3 Å². The van der Waals surface area contributed by atoms with Crippen molar-refractivity contribution in [3.8, 4) is 0 Å². The Bertz CT molecular complexity index is 629. The predicted molar refractivity (Wildman–Crippen MR) is 85.4 cm³/mol. The van der Waals surface area contributed by atoms with Crippen LogP contribution < -0.4 is 5.32 Å². The highest BCUT2D eigenvalue weighted by Gasteiger charge is 2.35. The number of nitrogens with zero attached hydrogens (tertiary/aromatic N) is 1. The lowest BCUT2D eigenvalue weighted by Gasteiger charge is -2.28. The first-order chi connectivity index (χ1) is 11.6. The second-order valence-corrected chi connectivity index (χ2v) is 6.63. The maximum atomic E-state index is 13.4. The molecule has 1 aliphatic heterocycles. The summed E-state index contributed by atoms with van der Waals surface area (Å²) in [4.78, 5) is 26.6. The highest BCUT2D eigenvalue weighted by atomic mass is 19.2. The molecule has 2 amide bonds. The summed E-state index contributed by atoms with van der Waals surface area (Å²) >= 11 is 0. The zero-order chi connectivity index (χ0) is 17.1. The van der Waals surface area contributed by atoms with Gasteiger partial charge in [-0.25, -0.2) is 8.78 Å². The third-order valence-electron chi connectivity index (χ3n) is 4.93. The Hall–Kier alpha value is -1.98. The van der Waals surface area contributed by atoms with Gasteiger partial charge in [0, 0.05) is 18.2 Å². The third-order valence-corrected chi connectivity index (χ3v) is 4.93. The molecule has 1 atom stereocenters. The molecule has 0 unspecified atom stereocenters. The standard InChI is InChI=1S/C18H22F2N2O2/c19-14-9-8-12(11-15(14)20)18(24)22-10-4-7-16(22)17(23)21-13-5-2-1-3-6-13/h8-9,11,13,16H,1-7,10H2,(H,21,23)/t16-/m0/s1. The Labute approximate surface area is 140 Å². The molecule has 3 rings (SSSR count). The van der Waals surface area contributed by atoms with Gasteiger partial charge in [0.15, 0.2) is 11.6 Å². The summed E-state index contributed by atoms with van der Waals surface area (Å²) in [7, 11) is 0. The van der Waals surface area contributed by atoms with Gasteiger partial charge < -0.3 is 10.2 Å². The smallest absolute Gasteiger partial charge is 0.254 e. The van der Waals surface area contributed by atoms with Gasteiger partial charge in [-0.2, -0.15) is 0 Å². The van der Waals surface area contributed by atoms with Crippen molar-refractivity contribution in [2.24, 2.45) is 0 Å². The highest BCUT2D eigenvalue weighted by Crippen LogP contribution is 2.23. The minimum atomic E-state index is -1.05. The van der Waals surface area contributed by atoms with Crippen LogP contribution in [0.2, 0.25) is 0 Å². The molecular weight excluding hydrogens is 314 g/mol. The summed E-state index contributed by atoms with van der Waals surface area (Å²) in [5.74, 6) is -2.59. The van der Waals surface area contributed by atoms with Crippen LogP contribution in [0.15, 0.2) is 18.2 Å². The van der Waals surface area contributed by atoms with E-state index in [1.54, 1.807) is 0 Å². The fraction of sp³-hybridized carbons (Fsp3) is 0.556. The number of carbonyl (C=O) groups is 2. The Morgan fingerprint density at radius 1 is 1.00 bits per heavy atom. The van der Waals surface area contributed by atoms with Crippen LogP contribution >= 0.6 is 0 Å². The predicted octanol–water partition coefficient (Wildman–Crippen LogP) is 3.02. The number of amides is 2. The monoisotopic (exact) mass is 336 g/mol. The molecule has 1 saturated heterocycles. The van der Waals surface area contributed by atoms with Crippen molar-refractivity contribution < 1.29 is 18.4 Å². The van der Waals surface area contributed by atoms with E-state index in [4.69, 9.17) is 0 Å². The molecule has 1 aromatic carbocycles. The minimum absolute atomic E-state index is 0.0752. The normalized spacial score (nSPS) is 21.8. The summed E-state index contributed by atoms with van der Waals surface area (Å²) in [5, 5.41) is 3.05. The van der Waals surface area contributed by atoms with Crippen LogP contribution in [0, 0.1) is 11.6 Å². The summed E-state index contributed by atoms with van der Waals surface area (Å²) in [6.45, 7) is 0.459. The molecule has 1 aromatic rings. The van der Waals surface area contributed by atoms with Crippen LogP contribution in [0.4, 0.5) is 8.78 Å². The van der Waals surface area contributed by atoms with Gasteiger partial charge in [0.25, 0.3) is 5.91 Å². The van der Waals surface area contributed by atoms with Gasteiger partial charge in [-0.15, -0.1) is 0 Å². The number of halogens is 2. The van der Waals surface area contributed by atoms with Crippen LogP contribution in [0.3, 0.4) is 0 Å². The van der Waals surface area contributed by atoms with Crippen molar-refractivity contribution in [2.45, 2.75) is 57.0 Å². The molecule has 130 valence electrons. The molecule has 0 spiro atoms. The van der Waals surface area contributed by atoms with Crippen molar-refractivity contribution in [3.63, 3.8) is 0 Å². The number of hydrogen-bond donors (Lipinski definition) is 1. The number of carbonyl (C=O) groups excluding carboxylic acids is 2. The SMILES string of the molecule is O=C(NC1CCCCC1)[C@@H]1CCCN1C(=O)c1ccc(F)c(F)c1. The lowest BCUT2D eigenvalue weighted by Crippen LogP contribution is -2.49. The fourth-order valence-electron chi connectivity index (χ4n) is 3.62. The Morgan fingerprint density at radius 2 is 1.75 bits per heavy atom. The van der Waals surface area contributed by atoms with E-state index in [1.165, 1.54) is 17.4 Å². The van der Waals surface area contributed by atoms with Gasteiger partial charge in [0.1, 0.15) is 6.04 Å². The maximum Gasteiger partial charge on any atom is 0.254 e. The number of rotatable bonds is 3. The molecule has 6 heteroatoms. The zero-order valence-electron chi connectivity index (χ0n) is 13.6. The molecular formula is C18H22F2N2O2. The van der Waals surface area contributed by atoms with Crippen LogP contribution in [-0.4, -0.2) is 35.3 Å². The average Bonchev–Trinajstić information content (AvgIpc) is 3.07. The summed E-state index contributed by atoms with van der Waals surface area (Å²) in [6, 6.07) is 2.76. The Morgan fingerprint density at radius 3 is 2.46 bits per heavy atom. The second kappa shape index (κ2) is 7.28. The van der Waals surface area contributed by atoms with E-state index in [-0.39, 0.29) is 17.5 Å². The number of nitrogens with one attached hydrogen (secondary N) is 1. The van der Waals surface area contributed by atoms with Gasteiger partial charge in [-0.05, 0) is 43.9 Å². The summed E-state index contributed by atoms with van der Waals surface area (Å²) in [5.41, 5.74) is 0.0752. The minimum Gasteiger partial charge on any atom is -0.352 e. The molecule has 1 heterocycles. The molecule has 24 heavy (non-hydrogen) atoms. The largest absolute Gasteiger partial charge is 0.352 e. The van der Waals surface area contributed by atoms with Gasteiger partial charge in [0.2, 0.25) is 5.91 Å². The van der Waals surface area contributed by atoms with Crippen LogP contribution in [0.25, 0.3) is 0 Å². The van der Waals surface area contributed by atoms with E-state index in [2.05, 4.69) is 5.32 Å². The average molecular weight is 336 g/mol. The molecule has 1 N–H and O–H groups in total. The van der Waals surface area contributed by atoms with Crippen LogP contribution in [-0.2, 0) is 4.79 Å². The summed E-state index contributed by atoms with van der Waals surface area (Å²) < 4.78 is 26.4. The topological polar surface area (TPSA) is 49.4 Å². The second-order valence-electron chi connectivity index (χ2n) is 6.63. The molecule has 4 nitrogen and oxygen atoms in total. The Balaban J connectivity index is 1.68. The van der Waals surface area contributed by atoms with Gasteiger partial charge in [-0.3, -0.25) is 9.59 Å². The molecule has 0 bridgehead atoms. The fourth-order valence-corrected chi connectivity index (χ4v) is 3.62. The van der Waals surface area contributed by atoms with Gasteiger partial charge >= 0.3 is 0 Å². The number of hydrogen-bond acceptors (Lipinski definition) is 2. The first-order valence-corrected chi connectivity index (χ1v) is 8.62. The van der Waals surface area contributed by atoms with Crippen molar-refractivity contribution in [2.75, 3.05) is 6.54 Å². The van der Waals surface area contributed by atoms with Crippen molar-refractivity contribution in [1.82, 2.24) is 10.2 Å². The van der Waals surface area contributed by atoms with E-state index < -0.39 is 23.6 Å². The van der Waals surface area contributed by atoms with E-state index >= 15 is 0 Å². The first kappa shape index (κ1) is 16.9. The lowest BCUT2D eigenvalue weighted by molar-refractivity contribution is -0.125. The molecule has 1 saturated carbocycles. The van der Waals surface area contributed by atoms with E-state index in [0.29, 0.717) is 13.0 Å². The van der Waals surface area contributed by atoms with E-state index in [0.717, 1.165) is 44.2 Å². The van der Waals surface area contributed by atoms with Crippen molar-refractivity contribution >= 4 is 11.8 Å². The zero-order valence-corrected chi connectivity index (χ0v) is 13.6. The quantitative estimate of drug-likeness (QED) is 0.922. The number of likely N-dealkylation sites (tertiary alicyclic amines) is 1. The van der Waals surface area contributed by atoms with E-state index in [9.17, 15) is 18.4 Å². The van der Waals surface area contributed by atoms with Crippen molar-refractivity contribution in [3.05, 3.63) is 35.4 Å².